The van der Waals surface area contributed by atoms with Crippen LogP contribution in [0.1, 0.15) is 0 Å². The molecule has 0 spiro atoms. The minimum atomic E-state index is -4.64. The lowest BCUT2D eigenvalue weighted by atomic mass is 14.0. The van der Waals surface area contributed by atoms with Crippen LogP contribution in [0.5, 0.6) is 0 Å². The van der Waals surface area contributed by atoms with Gasteiger partial charge in [-0.05, 0) is 0 Å². The van der Waals surface area contributed by atoms with E-state index in [1.54, 1.807) is 0 Å². The Hall–Kier alpha value is 0.430. The second kappa shape index (κ2) is 16.2. The maximum absolute atomic E-state index is 8.88. The quantitative estimate of drug-likeness (QED) is 0.294. The van der Waals surface area contributed by atoms with Crippen LogP contribution < -0.4 is 24.6 Å². The van der Waals surface area contributed by atoms with Gasteiger partial charge in [0.05, 0.1) is 0 Å². The zero-order valence-electron chi connectivity index (χ0n) is 5.43. The van der Waals surface area contributed by atoms with E-state index in [1.807, 2.05) is 0 Å². The molecule has 0 radical (unpaired) electrons. The highest BCUT2D eigenvalue weighted by Gasteiger charge is 2.00. The standard InChI is InChI=1S/BrH.4H3N.H3O4P/c;;;;;1-5(2,3)4/h1H;4*1H3;(H3,1,2,3,4). The van der Waals surface area contributed by atoms with Gasteiger partial charge in [0, 0.05) is 0 Å². The molecule has 0 bridgehead atoms. The van der Waals surface area contributed by atoms with Crippen molar-refractivity contribution in [1.29, 1.82) is 0 Å². The Labute approximate surface area is 69.4 Å². The van der Waals surface area contributed by atoms with Gasteiger partial charge in [-0.25, -0.2) is 4.57 Å². The first-order valence-corrected chi connectivity index (χ1v) is 2.35. The van der Waals surface area contributed by atoms with Crippen molar-refractivity contribution in [2.24, 2.45) is 0 Å². The molecule has 0 aromatic heterocycles. The maximum atomic E-state index is 8.88. The molecule has 0 heterocycles. The lowest BCUT2D eigenvalue weighted by molar-refractivity contribution is 0.275. The molecule has 0 aliphatic rings. The average Bonchev–Trinajstić information content (AvgIpc) is 0.722. The SMILES string of the molecule is Br.N.N.N.N.O=P(O)(O)O. The van der Waals surface area contributed by atoms with Crippen molar-refractivity contribution in [2.75, 3.05) is 0 Å². The molecule has 0 amide bonds. The van der Waals surface area contributed by atoms with Crippen LogP contribution in [0.2, 0.25) is 0 Å². The lowest BCUT2D eigenvalue weighted by Gasteiger charge is -1.82. The van der Waals surface area contributed by atoms with Gasteiger partial charge in [-0.2, -0.15) is 0 Å². The highest BCUT2D eigenvalue weighted by molar-refractivity contribution is 8.93. The first-order chi connectivity index (χ1) is 2.00. The van der Waals surface area contributed by atoms with Gasteiger partial charge >= 0.3 is 7.82 Å². The van der Waals surface area contributed by atoms with Crippen molar-refractivity contribution >= 4 is 24.8 Å². The molecule has 0 aromatic carbocycles. The van der Waals surface area contributed by atoms with Crippen molar-refractivity contribution in [3.8, 4) is 0 Å². The van der Waals surface area contributed by atoms with Crippen LogP contribution >= 0.6 is 24.8 Å². The normalized spacial score (nSPS) is 5.90. The summed E-state index contributed by atoms with van der Waals surface area (Å²) >= 11 is 0. The van der Waals surface area contributed by atoms with Gasteiger partial charge in [0.1, 0.15) is 0 Å². The largest absolute Gasteiger partial charge is 0.466 e. The van der Waals surface area contributed by atoms with E-state index in [0.29, 0.717) is 0 Å². The first kappa shape index (κ1) is 47.3. The molecule has 0 unspecified atom stereocenters. The van der Waals surface area contributed by atoms with Crippen LogP contribution in [0, 0.1) is 0 Å². The first-order valence-electron chi connectivity index (χ1n) is 0.783. The number of halogens is 1. The highest BCUT2D eigenvalue weighted by atomic mass is 79.9. The summed E-state index contributed by atoms with van der Waals surface area (Å²) in [4.78, 5) is 21.6. The van der Waals surface area contributed by atoms with Gasteiger partial charge in [-0.1, -0.05) is 0 Å². The van der Waals surface area contributed by atoms with Gasteiger partial charge in [-0.15, -0.1) is 17.0 Å². The number of rotatable bonds is 0. The fourth-order valence-corrected chi connectivity index (χ4v) is 0. The van der Waals surface area contributed by atoms with Crippen molar-refractivity contribution < 1.29 is 19.2 Å². The van der Waals surface area contributed by atoms with Gasteiger partial charge in [0.2, 0.25) is 0 Å². The topological polar surface area (TPSA) is 218 Å². The summed E-state index contributed by atoms with van der Waals surface area (Å²) in [5.41, 5.74) is 0. The molecule has 0 aromatic rings. The van der Waals surface area contributed by atoms with E-state index in [1.165, 1.54) is 0 Å². The summed E-state index contributed by atoms with van der Waals surface area (Å²) in [5, 5.41) is 0. The number of phosphoric acid groups is 1. The Bertz CT molecular complexity index is 63.4. The molecule has 10 heavy (non-hydrogen) atoms. The molecule has 0 aliphatic carbocycles. The van der Waals surface area contributed by atoms with Crippen LogP contribution in [0.3, 0.4) is 0 Å². The highest BCUT2D eigenvalue weighted by Crippen LogP contribution is 2.25. The summed E-state index contributed by atoms with van der Waals surface area (Å²) in [7, 11) is -4.64. The van der Waals surface area contributed by atoms with Crippen molar-refractivity contribution in [3.63, 3.8) is 0 Å². The van der Waals surface area contributed by atoms with Gasteiger partial charge in [0.25, 0.3) is 0 Å². The van der Waals surface area contributed by atoms with Crippen molar-refractivity contribution in [1.82, 2.24) is 24.6 Å². The zero-order valence-corrected chi connectivity index (χ0v) is 8.04. The predicted molar refractivity (Wildman–Crippen MR) is 44.7 cm³/mol. The molecule has 72 valence electrons. The third-order valence-corrected chi connectivity index (χ3v) is 0. The molecule has 0 saturated carbocycles. The monoisotopic (exact) mass is 246 g/mol. The summed E-state index contributed by atoms with van der Waals surface area (Å²) in [6, 6.07) is 0. The Balaban J connectivity index is -0.00000000800. The van der Waals surface area contributed by atoms with Crippen LogP contribution in [0.25, 0.3) is 0 Å². The van der Waals surface area contributed by atoms with E-state index >= 15 is 0 Å². The molecule has 8 nitrogen and oxygen atoms in total. The molecule has 0 saturated heterocycles. The van der Waals surface area contributed by atoms with Crippen LogP contribution in [-0.4, -0.2) is 14.7 Å². The molecule has 10 heteroatoms. The predicted octanol–water partition coefficient (Wildman–Crippen LogP) is 0.297. The van der Waals surface area contributed by atoms with E-state index in [-0.39, 0.29) is 41.6 Å². The summed E-state index contributed by atoms with van der Waals surface area (Å²) < 4.78 is 8.88. The Morgan fingerprint density at radius 3 is 0.800 bits per heavy atom. The van der Waals surface area contributed by atoms with Crippen molar-refractivity contribution in [3.05, 3.63) is 0 Å². The third kappa shape index (κ3) is 2520. The summed E-state index contributed by atoms with van der Waals surface area (Å²) in [6.45, 7) is 0. The fourth-order valence-electron chi connectivity index (χ4n) is 0. The molecule has 0 atom stereocenters. The average molecular weight is 247 g/mol. The minimum absolute atomic E-state index is 0. The van der Waals surface area contributed by atoms with Gasteiger partial charge in [-0.3, -0.25) is 0 Å². The van der Waals surface area contributed by atoms with E-state index in [2.05, 4.69) is 0 Å². The van der Waals surface area contributed by atoms with Crippen molar-refractivity contribution in [2.45, 2.75) is 0 Å². The fraction of sp³-hybridized carbons (Fsp3) is 0. The summed E-state index contributed by atoms with van der Waals surface area (Å²) in [5.74, 6) is 0. The summed E-state index contributed by atoms with van der Waals surface area (Å²) in [6.07, 6.45) is 0. The van der Waals surface area contributed by atoms with Crippen LogP contribution in [0.15, 0.2) is 0 Å². The van der Waals surface area contributed by atoms with Gasteiger partial charge in [0.15, 0.2) is 0 Å². The van der Waals surface area contributed by atoms with Gasteiger partial charge < -0.3 is 39.3 Å². The smallest absolute Gasteiger partial charge is 0.344 e. The van der Waals surface area contributed by atoms with Crippen LogP contribution in [0.4, 0.5) is 0 Å². The molecule has 0 rings (SSSR count). The zero-order chi connectivity index (χ0) is 4.50. The van der Waals surface area contributed by atoms with E-state index in [4.69, 9.17) is 19.2 Å². The van der Waals surface area contributed by atoms with E-state index in [9.17, 15) is 0 Å². The minimum Gasteiger partial charge on any atom is -0.344 e. The molecular weight excluding hydrogens is 231 g/mol. The van der Waals surface area contributed by atoms with Crippen LogP contribution in [-0.2, 0) is 4.57 Å². The molecule has 15 N–H and O–H groups in total. The second-order valence-corrected chi connectivity index (χ2v) is 1.54. The molecule has 0 aliphatic heterocycles. The molecular formula is H16BrN4O4P. The Kier molecular flexibility index (Phi) is 76.6. The maximum Gasteiger partial charge on any atom is 0.466 e. The third-order valence-electron chi connectivity index (χ3n) is 0. The molecule has 0 fully saturated rings. The second-order valence-electron chi connectivity index (χ2n) is 0.513. The number of hydrogen-bond acceptors (Lipinski definition) is 5. The van der Waals surface area contributed by atoms with E-state index in [0.717, 1.165) is 0 Å². The Morgan fingerprint density at radius 1 is 0.800 bits per heavy atom. The number of hydrogen-bond donors (Lipinski definition) is 7. The lowest BCUT2D eigenvalue weighted by Crippen LogP contribution is -1.66. The Morgan fingerprint density at radius 2 is 0.800 bits per heavy atom. The van der Waals surface area contributed by atoms with E-state index < -0.39 is 7.82 Å².